The lowest BCUT2D eigenvalue weighted by Gasteiger charge is -2.05. The van der Waals surface area contributed by atoms with Crippen LogP contribution in [-0.2, 0) is 6.54 Å². The smallest absolute Gasteiger partial charge is 0.155 e. The van der Waals surface area contributed by atoms with Gasteiger partial charge >= 0.3 is 0 Å². The van der Waals surface area contributed by atoms with Crippen molar-refractivity contribution < 1.29 is 0 Å². The van der Waals surface area contributed by atoms with Crippen molar-refractivity contribution in [3.05, 3.63) is 5.82 Å². The highest BCUT2D eigenvalue weighted by Gasteiger charge is 2.21. The maximum absolute atomic E-state index is 4.03. The van der Waals surface area contributed by atoms with E-state index in [0.29, 0.717) is 5.92 Å². The highest BCUT2D eigenvalue weighted by molar-refractivity contribution is 4.97. The van der Waals surface area contributed by atoms with Crippen molar-refractivity contribution >= 4 is 0 Å². The minimum Gasteiger partial charge on any atom is -0.316 e. The van der Waals surface area contributed by atoms with Crippen molar-refractivity contribution in [3.63, 3.8) is 0 Å². The van der Waals surface area contributed by atoms with Crippen LogP contribution in [0.3, 0.4) is 0 Å². The zero-order valence-electron chi connectivity index (χ0n) is 7.19. The molecule has 2 heterocycles. The van der Waals surface area contributed by atoms with Gasteiger partial charge in [0.15, 0.2) is 5.82 Å². The van der Waals surface area contributed by atoms with Gasteiger partial charge in [-0.25, -0.2) is 4.68 Å². The maximum Gasteiger partial charge on any atom is 0.155 e. The minimum atomic E-state index is 0.514. The number of hydrogen-bond acceptors (Lipinski definition) is 4. The molecular formula is C7H13N5. The van der Waals surface area contributed by atoms with Gasteiger partial charge in [-0.2, -0.15) is 0 Å². The molecule has 0 saturated carbocycles. The summed E-state index contributed by atoms with van der Waals surface area (Å²) in [6.07, 6.45) is 1.15. The molecule has 12 heavy (non-hydrogen) atoms. The number of rotatable bonds is 2. The summed E-state index contributed by atoms with van der Waals surface area (Å²) in [7, 11) is 0. The third-order valence-corrected chi connectivity index (χ3v) is 2.28. The Hall–Kier alpha value is -0.970. The topological polar surface area (TPSA) is 55.6 Å². The van der Waals surface area contributed by atoms with E-state index in [1.165, 1.54) is 0 Å². The SMILES string of the molecule is CCn1nnnc1C1CCNC1. The molecule has 0 radical (unpaired) electrons. The molecule has 66 valence electrons. The van der Waals surface area contributed by atoms with E-state index in [4.69, 9.17) is 0 Å². The monoisotopic (exact) mass is 167 g/mol. The van der Waals surface area contributed by atoms with Crippen LogP contribution < -0.4 is 5.32 Å². The van der Waals surface area contributed by atoms with E-state index < -0.39 is 0 Å². The second kappa shape index (κ2) is 3.18. The molecular weight excluding hydrogens is 154 g/mol. The number of hydrogen-bond donors (Lipinski definition) is 1. The van der Waals surface area contributed by atoms with Crippen molar-refractivity contribution in [2.24, 2.45) is 0 Å². The Labute approximate surface area is 71.1 Å². The summed E-state index contributed by atoms with van der Waals surface area (Å²) in [5.41, 5.74) is 0. The summed E-state index contributed by atoms with van der Waals surface area (Å²) in [5.74, 6) is 1.54. The lowest BCUT2D eigenvalue weighted by atomic mass is 10.1. The zero-order chi connectivity index (χ0) is 8.39. The van der Waals surface area contributed by atoms with E-state index in [1.54, 1.807) is 0 Å². The molecule has 5 heteroatoms. The van der Waals surface area contributed by atoms with E-state index in [9.17, 15) is 0 Å². The Kier molecular flexibility index (Phi) is 2.03. The predicted molar refractivity (Wildman–Crippen MR) is 43.7 cm³/mol. The fourth-order valence-electron chi connectivity index (χ4n) is 1.60. The van der Waals surface area contributed by atoms with E-state index in [1.807, 2.05) is 4.68 Å². The summed E-state index contributed by atoms with van der Waals surface area (Å²) in [5, 5.41) is 14.9. The van der Waals surface area contributed by atoms with Gasteiger partial charge in [-0.15, -0.1) is 5.10 Å². The Balaban J connectivity index is 2.19. The van der Waals surface area contributed by atoms with Crippen LogP contribution in [0.1, 0.15) is 25.1 Å². The van der Waals surface area contributed by atoms with Gasteiger partial charge in [-0.1, -0.05) is 0 Å². The number of aryl methyl sites for hydroxylation is 1. The molecule has 1 atom stereocenters. The molecule has 1 aromatic rings. The number of tetrazole rings is 1. The first-order valence-corrected chi connectivity index (χ1v) is 4.38. The molecule has 1 aliphatic heterocycles. The van der Waals surface area contributed by atoms with Gasteiger partial charge in [-0.3, -0.25) is 0 Å². The highest BCUT2D eigenvalue weighted by Crippen LogP contribution is 2.18. The molecule has 0 amide bonds. The summed E-state index contributed by atoms with van der Waals surface area (Å²) < 4.78 is 1.87. The quantitative estimate of drug-likeness (QED) is 0.661. The van der Waals surface area contributed by atoms with Crippen LogP contribution in [0.2, 0.25) is 0 Å². The van der Waals surface area contributed by atoms with Crippen molar-refractivity contribution in [2.75, 3.05) is 13.1 Å². The van der Waals surface area contributed by atoms with Gasteiger partial charge in [0.25, 0.3) is 0 Å². The molecule has 0 spiro atoms. The lowest BCUT2D eigenvalue weighted by Crippen LogP contribution is -2.12. The molecule has 1 aromatic heterocycles. The maximum atomic E-state index is 4.03. The van der Waals surface area contributed by atoms with Crippen molar-refractivity contribution in [3.8, 4) is 0 Å². The molecule has 1 saturated heterocycles. The van der Waals surface area contributed by atoms with Crippen molar-refractivity contribution in [2.45, 2.75) is 25.8 Å². The van der Waals surface area contributed by atoms with Crippen LogP contribution in [0.5, 0.6) is 0 Å². The van der Waals surface area contributed by atoms with Gasteiger partial charge in [0.2, 0.25) is 0 Å². The first kappa shape index (κ1) is 7.67. The summed E-state index contributed by atoms with van der Waals surface area (Å²) in [6.45, 7) is 5.02. The van der Waals surface area contributed by atoms with E-state index in [0.717, 1.165) is 31.9 Å². The second-order valence-corrected chi connectivity index (χ2v) is 3.04. The first-order chi connectivity index (χ1) is 5.92. The van der Waals surface area contributed by atoms with Crippen molar-refractivity contribution in [1.82, 2.24) is 25.5 Å². The Bertz CT molecular complexity index is 250. The fraction of sp³-hybridized carbons (Fsp3) is 0.857. The van der Waals surface area contributed by atoms with Gasteiger partial charge in [-0.05, 0) is 30.3 Å². The molecule has 0 aliphatic carbocycles. The average Bonchev–Trinajstić information content (AvgIpc) is 2.74. The molecule has 1 fully saturated rings. The predicted octanol–water partition coefficient (Wildman–Crippen LogP) is -0.230. The average molecular weight is 167 g/mol. The third kappa shape index (κ3) is 1.20. The van der Waals surface area contributed by atoms with Crippen molar-refractivity contribution in [1.29, 1.82) is 0 Å². The van der Waals surface area contributed by atoms with E-state index in [-0.39, 0.29) is 0 Å². The Morgan fingerprint density at radius 2 is 2.58 bits per heavy atom. The van der Waals surface area contributed by atoms with Crippen LogP contribution in [0.25, 0.3) is 0 Å². The van der Waals surface area contributed by atoms with Gasteiger partial charge in [0.1, 0.15) is 0 Å². The largest absolute Gasteiger partial charge is 0.316 e. The molecule has 0 aromatic carbocycles. The molecule has 0 bridgehead atoms. The fourth-order valence-corrected chi connectivity index (χ4v) is 1.60. The van der Waals surface area contributed by atoms with Crippen LogP contribution in [0.4, 0.5) is 0 Å². The lowest BCUT2D eigenvalue weighted by molar-refractivity contribution is 0.563. The summed E-state index contributed by atoms with van der Waals surface area (Å²) >= 11 is 0. The van der Waals surface area contributed by atoms with E-state index >= 15 is 0 Å². The second-order valence-electron chi connectivity index (χ2n) is 3.04. The van der Waals surface area contributed by atoms with Gasteiger partial charge in [0, 0.05) is 19.0 Å². The number of aromatic nitrogens is 4. The Morgan fingerprint density at radius 1 is 1.67 bits per heavy atom. The zero-order valence-corrected chi connectivity index (χ0v) is 7.19. The number of nitrogens with zero attached hydrogens (tertiary/aromatic N) is 4. The van der Waals surface area contributed by atoms with Crippen LogP contribution in [0.15, 0.2) is 0 Å². The van der Waals surface area contributed by atoms with Crippen LogP contribution in [-0.4, -0.2) is 33.3 Å². The van der Waals surface area contributed by atoms with Gasteiger partial charge < -0.3 is 5.32 Å². The normalized spacial score (nSPS) is 23.2. The molecule has 1 aliphatic rings. The van der Waals surface area contributed by atoms with Gasteiger partial charge in [0.05, 0.1) is 0 Å². The minimum absolute atomic E-state index is 0.514. The van der Waals surface area contributed by atoms with E-state index in [2.05, 4.69) is 27.8 Å². The van der Waals surface area contributed by atoms with Crippen LogP contribution >= 0.6 is 0 Å². The Morgan fingerprint density at radius 3 is 3.25 bits per heavy atom. The summed E-state index contributed by atoms with van der Waals surface area (Å²) in [6, 6.07) is 0. The molecule has 2 rings (SSSR count). The standard InChI is InChI=1S/C7H13N5/c1-2-12-7(9-10-11-12)6-3-4-8-5-6/h6,8H,2-5H2,1H3. The van der Waals surface area contributed by atoms with Crippen LogP contribution in [0, 0.1) is 0 Å². The summed E-state index contributed by atoms with van der Waals surface area (Å²) in [4.78, 5) is 0. The highest BCUT2D eigenvalue weighted by atomic mass is 15.5. The first-order valence-electron chi connectivity index (χ1n) is 4.38. The molecule has 1 unspecified atom stereocenters. The molecule has 5 nitrogen and oxygen atoms in total. The number of nitrogens with one attached hydrogen (secondary N) is 1. The third-order valence-electron chi connectivity index (χ3n) is 2.28. The molecule has 1 N–H and O–H groups in total.